The summed E-state index contributed by atoms with van der Waals surface area (Å²) in [6, 6.07) is 9.59. The van der Waals surface area contributed by atoms with Gasteiger partial charge < -0.3 is 5.32 Å². The van der Waals surface area contributed by atoms with Crippen LogP contribution < -0.4 is 5.32 Å². The number of hydrogen-bond acceptors (Lipinski definition) is 2. The van der Waals surface area contributed by atoms with Gasteiger partial charge in [-0.05, 0) is 42.3 Å². The molecule has 1 aromatic carbocycles. The maximum absolute atomic E-state index is 13.4. The molecule has 0 unspecified atom stereocenters. The van der Waals surface area contributed by atoms with Gasteiger partial charge in [-0.1, -0.05) is 19.9 Å². The second-order valence-electron chi connectivity index (χ2n) is 4.75. The molecule has 1 nitrogen and oxygen atoms in total. The summed E-state index contributed by atoms with van der Waals surface area (Å²) in [5.41, 5.74) is 2.15. The summed E-state index contributed by atoms with van der Waals surface area (Å²) >= 11 is 1.70. The predicted octanol–water partition coefficient (Wildman–Crippen LogP) is 4.36. The van der Waals surface area contributed by atoms with Gasteiger partial charge in [0.05, 0.1) is 0 Å². The normalized spacial score (nSPS) is 11.2. The molecule has 2 aromatic rings. The van der Waals surface area contributed by atoms with Crippen LogP contribution >= 0.6 is 11.3 Å². The highest BCUT2D eigenvalue weighted by Gasteiger charge is 2.09. The van der Waals surface area contributed by atoms with E-state index in [0.717, 1.165) is 22.5 Å². The van der Waals surface area contributed by atoms with Gasteiger partial charge in [-0.2, -0.15) is 0 Å². The standard InChI is InChI=1S/C15H18FNS/c1-10(2)17-9-12-5-6-13(16)8-14(12)15-7-4-11(3)18-15/h4-8,10,17H,9H2,1-3H3. The van der Waals surface area contributed by atoms with Gasteiger partial charge in [0.25, 0.3) is 0 Å². The molecule has 0 spiro atoms. The molecule has 0 aliphatic carbocycles. The van der Waals surface area contributed by atoms with Crippen LogP contribution in [0.3, 0.4) is 0 Å². The lowest BCUT2D eigenvalue weighted by Gasteiger charge is -2.12. The molecule has 0 radical (unpaired) electrons. The summed E-state index contributed by atoms with van der Waals surface area (Å²) in [5, 5.41) is 3.38. The highest BCUT2D eigenvalue weighted by Crippen LogP contribution is 2.31. The Balaban J connectivity index is 2.34. The maximum Gasteiger partial charge on any atom is 0.123 e. The second kappa shape index (κ2) is 5.63. The van der Waals surface area contributed by atoms with E-state index in [4.69, 9.17) is 0 Å². The van der Waals surface area contributed by atoms with Gasteiger partial charge in [0.2, 0.25) is 0 Å². The summed E-state index contributed by atoms with van der Waals surface area (Å²) < 4.78 is 13.4. The number of benzene rings is 1. The van der Waals surface area contributed by atoms with Crippen LogP contribution in [0.25, 0.3) is 10.4 Å². The van der Waals surface area contributed by atoms with Gasteiger partial charge in [-0.3, -0.25) is 0 Å². The van der Waals surface area contributed by atoms with Crippen LogP contribution in [-0.2, 0) is 6.54 Å². The lowest BCUT2D eigenvalue weighted by Crippen LogP contribution is -2.22. The summed E-state index contributed by atoms with van der Waals surface area (Å²) in [6.45, 7) is 7.06. The monoisotopic (exact) mass is 263 g/mol. The Kier molecular flexibility index (Phi) is 4.15. The maximum atomic E-state index is 13.4. The van der Waals surface area contributed by atoms with Crippen LogP contribution in [0.4, 0.5) is 4.39 Å². The van der Waals surface area contributed by atoms with Crippen molar-refractivity contribution in [2.45, 2.75) is 33.4 Å². The molecule has 0 saturated carbocycles. The first-order valence-electron chi connectivity index (χ1n) is 6.15. The average molecular weight is 263 g/mol. The van der Waals surface area contributed by atoms with Crippen molar-refractivity contribution >= 4 is 11.3 Å². The van der Waals surface area contributed by atoms with Gasteiger partial charge in [-0.25, -0.2) is 4.39 Å². The third-order valence-electron chi connectivity index (χ3n) is 2.78. The fourth-order valence-electron chi connectivity index (χ4n) is 1.83. The fourth-order valence-corrected chi connectivity index (χ4v) is 2.74. The zero-order valence-electron chi connectivity index (χ0n) is 11.0. The van der Waals surface area contributed by atoms with Crippen LogP contribution in [0.1, 0.15) is 24.3 Å². The molecule has 1 N–H and O–H groups in total. The molecule has 96 valence electrons. The van der Waals surface area contributed by atoms with Crippen molar-refractivity contribution in [3.63, 3.8) is 0 Å². The SMILES string of the molecule is Cc1ccc(-c2cc(F)ccc2CNC(C)C)s1. The van der Waals surface area contributed by atoms with Crippen molar-refractivity contribution in [2.75, 3.05) is 0 Å². The number of aryl methyl sites for hydroxylation is 1. The molecule has 18 heavy (non-hydrogen) atoms. The van der Waals surface area contributed by atoms with Crippen LogP contribution in [0.5, 0.6) is 0 Å². The third kappa shape index (κ3) is 3.18. The van der Waals surface area contributed by atoms with Gasteiger partial charge >= 0.3 is 0 Å². The van der Waals surface area contributed by atoms with E-state index in [-0.39, 0.29) is 5.82 Å². The van der Waals surface area contributed by atoms with E-state index in [2.05, 4.69) is 38.2 Å². The lowest BCUT2D eigenvalue weighted by molar-refractivity contribution is 0.587. The van der Waals surface area contributed by atoms with Crippen molar-refractivity contribution in [1.82, 2.24) is 5.32 Å². The number of halogens is 1. The number of rotatable bonds is 4. The van der Waals surface area contributed by atoms with Crippen LogP contribution in [0.15, 0.2) is 30.3 Å². The Bertz CT molecular complexity index is 531. The summed E-state index contributed by atoms with van der Waals surface area (Å²) in [6.07, 6.45) is 0. The molecule has 3 heteroatoms. The lowest BCUT2D eigenvalue weighted by atomic mass is 10.1. The topological polar surface area (TPSA) is 12.0 Å². The fraction of sp³-hybridized carbons (Fsp3) is 0.333. The van der Waals surface area contributed by atoms with E-state index in [1.807, 2.05) is 6.07 Å². The van der Waals surface area contributed by atoms with Crippen molar-refractivity contribution in [3.05, 3.63) is 46.6 Å². The highest BCUT2D eigenvalue weighted by atomic mass is 32.1. The summed E-state index contributed by atoms with van der Waals surface area (Å²) in [4.78, 5) is 2.38. The van der Waals surface area contributed by atoms with E-state index in [1.165, 1.54) is 10.9 Å². The highest BCUT2D eigenvalue weighted by molar-refractivity contribution is 7.15. The molecule has 0 aliphatic rings. The van der Waals surface area contributed by atoms with Gasteiger partial charge in [-0.15, -0.1) is 11.3 Å². The first-order chi connectivity index (χ1) is 8.56. The second-order valence-corrected chi connectivity index (χ2v) is 6.04. The molecule has 0 saturated heterocycles. The molecular formula is C15H18FNS. The molecule has 1 heterocycles. The zero-order valence-corrected chi connectivity index (χ0v) is 11.8. The van der Waals surface area contributed by atoms with Crippen LogP contribution in [0, 0.1) is 12.7 Å². The summed E-state index contributed by atoms with van der Waals surface area (Å²) in [7, 11) is 0. The number of nitrogens with one attached hydrogen (secondary N) is 1. The molecule has 1 aromatic heterocycles. The average Bonchev–Trinajstić information content (AvgIpc) is 2.74. The molecular weight excluding hydrogens is 245 g/mol. The van der Waals surface area contributed by atoms with Crippen molar-refractivity contribution in [1.29, 1.82) is 0 Å². The Hall–Kier alpha value is -1.19. The molecule has 0 atom stereocenters. The Labute approximate surface area is 112 Å². The van der Waals surface area contributed by atoms with E-state index >= 15 is 0 Å². The smallest absolute Gasteiger partial charge is 0.123 e. The van der Waals surface area contributed by atoms with Crippen LogP contribution in [-0.4, -0.2) is 6.04 Å². The van der Waals surface area contributed by atoms with Crippen LogP contribution in [0.2, 0.25) is 0 Å². The van der Waals surface area contributed by atoms with Crippen molar-refractivity contribution < 1.29 is 4.39 Å². The van der Waals surface area contributed by atoms with Crippen molar-refractivity contribution in [2.24, 2.45) is 0 Å². The first kappa shape index (κ1) is 13.2. The van der Waals surface area contributed by atoms with Crippen molar-refractivity contribution in [3.8, 4) is 10.4 Å². The minimum Gasteiger partial charge on any atom is -0.310 e. The van der Waals surface area contributed by atoms with E-state index < -0.39 is 0 Å². The number of hydrogen-bond donors (Lipinski definition) is 1. The predicted molar refractivity (Wildman–Crippen MR) is 76.4 cm³/mol. The third-order valence-corrected chi connectivity index (χ3v) is 3.81. The largest absolute Gasteiger partial charge is 0.310 e. The van der Waals surface area contributed by atoms with E-state index in [0.29, 0.717) is 6.04 Å². The molecule has 0 bridgehead atoms. The van der Waals surface area contributed by atoms with E-state index in [1.54, 1.807) is 17.4 Å². The van der Waals surface area contributed by atoms with E-state index in [9.17, 15) is 4.39 Å². The molecule has 0 amide bonds. The molecule has 0 fully saturated rings. The first-order valence-corrected chi connectivity index (χ1v) is 6.96. The Morgan fingerprint density at radius 1 is 1.22 bits per heavy atom. The Morgan fingerprint density at radius 3 is 2.61 bits per heavy atom. The minimum absolute atomic E-state index is 0.177. The quantitative estimate of drug-likeness (QED) is 0.864. The van der Waals surface area contributed by atoms with Gasteiger partial charge in [0.1, 0.15) is 5.82 Å². The molecule has 2 rings (SSSR count). The van der Waals surface area contributed by atoms with Gasteiger partial charge in [0, 0.05) is 22.3 Å². The van der Waals surface area contributed by atoms with Gasteiger partial charge in [0.15, 0.2) is 0 Å². The summed E-state index contributed by atoms with van der Waals surface area (Å²) in [5.74, 6) is -0.177. The zero-order chi connectivity index (χ0) is 13.1. The number of thiophene rings is 1. The Morgan fingerprint density at radius 2 is 2.00 bits per heavy atom. The minimum atomic E-state index is -0.177. The molecule has 0 aliphatic heterocycles.